The first-order chi connectivity index (χ1) is 15.3. The van der Waals surface area contributed by atoms with Crippen LogP contribution in [0.1, 0.15) is 47.6 Å². The van der Waals surface area contributed by atoms with Crippen molar-refractivity contribution in [2.24, 2.45) is 16.8 Å². The molecule has 6 nitrogen and oxygen atoms in total. The zero-order chi connectivity index (χ0) is 22.8. The van der Waals surface area contributed by atoms with Gasteiger partial charge in [0.15, 0.2) is 0 Å². The molecular formula is C25H29FN4O2. The molecule has 1 fully saturated rings. The number of likely N-dealkylation sites (tertiary alicyclic amines) is 1. The Morgan fingerprint density at radius 1 is 1.12 bits per heavy atom. The van der Waals surface area contributed by atoms with E-state index in [-0.39, 0.29) is 30.1 Å². The van der Waals surface area contributed by atoms with Crippen LogP contribution in [-0.2, 0) is 9.59 Å². The van der Waals surface area contributed by atoms with Gasteiger partial charge in [-0.2, -0.15) is 5.10 Å². The Bertz CT molecular complexity index is 1060. The van der Waals surface area contributed by atoms with E-state index in [2.05, 4.69) is 6.07 Å². The van der Waals surface area contributed by atoms with Crippen molar-refractivity contribution in [1.82, 2.24) is 9.91 Å². The number of hydrogen-bond acceptors (Lipinski definition) is 4. The Morgan fingerprint density at radius 2 is 1.84 bits per heavy atom. The van der Waals surface area contributed by atoms with Crippen LogP contribution in [0.4, 0.5) is 4.39 Å². The summed E-state index contributed by atoms with van der Waals surface area (Å²) in [6.07, 6.45) is 1.76. The number of hydrogen-bond donors (Lipinski definition) is 1. The Morgan fingerprint density at radius 3 is 2.53 bits per heavy atom. The molecule has 0 saturated carbocycles. The molecule has 1 atom stereocenters. The molecule has 2 aliphatic heterocycles. The average molecular weight is 437 g/mol. The lowest BCUT2D eigenvalue weighted by Gasteiger charge is -2.31. The summed E-state index contributed by atoms with van der Waals surface area (Å²) in [5.41, 5.74) is 9.85. The lowest BCUT2D eigenvalue weighted by molar-refractivity contribution is -0.134. The summed E-state index contributed by atoms with van der Waals surface area (Å²) < 4.78 is 14.7. The fourth-order valence-electron chi connectivity index (χ4n) is 4.58. The fraction of sp³-hybridized carbons (Fsp3) is 0.400. The second-order valence-corrected chi connectivity index (χ2v) is 8.80. The van der Waals surface area contributed by atoms with Crippen LogP contribution in [0, 0.1) is 25.6 Å². The molecule has 0 unspecified atom stereocenters. The highest BCUT2D eigenvalue weighted by Gasteiger charge is 2.36. The number of aryl methyl sites for hydroxylation is 2. The van der Waals surface area contributed by atoms with E-state index in [9.17, 15) is 14.0 Å². The van der Waals surface area contributed by atoms with E-state index >= 15 is 0 Å². The van der Waals surface area contributed by atoms with E-state index in [0.717, 1.165) is 22.4 Å². The average Bonchev–Trinajstić information content (AvgIpc) is 3.21. The van der Waals surface area contributed by atoms with E-state index in [4.69, 9.17) is 10.8 Å². The molecule has 168 valence electrons. The molecule has 1 saturated heterocycles. The van der Waals surface area contributed by atoms with Crippen LogP contribution in [0.15, 0.2) is 47.6 Å². The monoisotopic (exact) mass is 436 g/mol. The molecule has 2 aromatic rings. The van der Waals surface area contributed by atoms with E-state index in [0.29, 0.717) is 37.9 Å². The number of piperidine rings is 1. The number of carbonyl (C=O) groups excluding carboxylic acids is 2. The lowest BCUT2D eigenvalue weighted by atomic mass is 9.94. The molecule has 2 heterocycles. The minimum absolute atomic E-state index is 0.131. The van der Waals surface area contributed by atoms with Gasteiger partial charge in [-0.1, -0.05) is 35.9 Å². The van der Waals surface area contributed by atoms with Crippen molar-refractivity contribution in [3.8, 4) is 0 Å². The van der Waals surface area contributed by atoms with Gasteiger partial charge in [0.05, 0.1) is 18.3 Å². The van der Waals surface area contributed by atoms with Crippen molar-refractivity contribution in [3.05, 3.63) is 70.5 Å². The van der Waals surface area contributed by atoms with Crippen LogP contribution in [0.25, 0.3) is 0 Å². The van der Waals surface area contributed by atoms with Gasteiger partial charge in [-0.3, -0.25) is 14.5 Å². The summed E-state index contributed by atoms with van der Waals surface area (Å²) in [5.74, 6) is -0.919. The summed E-state index contributed by atoms with van der Waals surface area (Å²) in [4.78, 5) is 26.8. The number of primary amides is 1. The van der Waals surface area contributed by atoms with Gasteiger partial charge in [0.1, 0.15) is 5.82 Å². The summed E-state index contributed by atoms with van der Waals surface area (Å²) >= 11 is 0. The highest BCUT2D eigenvalue weighted by molar-refractivity contribution is 6.04. The first kappa shape index (κ1) is 22.1. The Labute approximate surface area is 187 Å². The number of hydrazone groups is 1. The fourth-order valence-corrected chi connectivity index (χ4v) is 4.58. The first-order valence-electron chi connectivity index (χ1n) is 11.1. The number of rotatable bonds is 5. The number of carbonyl (C=O) groups is 2. The Kier molecular flexibility index (Phi) is 6.37. The molecule has 7 heteroatoms. The molecule has 0 spiro atoms. The molecule has 0 bridgehead atoms. The van der Waals surface area contributed by atoms with Gasteiger partial charge in [0.25, 0.3) is 5.91 Å². The molecule has 32 heavy (non-hydrogen) atoms. The summed E-state index contributed by atoms with van der Waals surface area (Å²) in [6.45, 7) is 5.48. The minimum atomic E-state index is -0.484. The molecule has 0 aliphatic carbocycles. The van der Waals surface area contributed by atoms with E-state index in [1.54, 1.807) is 18.2 Å². The number of nitrogens with two attached hydrogens (primary N) is 1. The highest BCUT2D eigenvalue weighted by atomic mass is 19.1. The van der Waals surface area contributed by atoms with E-state index < -0.39 is 6.04 Å². The third-order valence-electron chi connectivity index (χ3n) is 6.48. The Hall–Kier alpha value is -3.06. The maximum atomic E-state index is 14.7. The number of amides is 2. The molecule has 2 aromatic carbocycles. The normalized spacial score (nSPS) is 19.8. The standard InChI is InChI=1S/C25H29FN4O2/c1-16-7-8-17(2)20(13-16)22-14-23(19-5-3-4-6-21(19)26)30(28-22)24(31)15-29-11-9-18(10-12-29)25(27)32/h3-8,13,18,23H,9-12,14-15H2,1-2H3,(H2,27,32)/t23-/m0/s1. The molecule has 2 amide bonds. The van der Waals surface area contributed by atoms with Crippen LogP contribution in [-0.4, -0.2) is 47.1 Å². The maximum absolute atomic E-state index is 14.7. The third-order valence-corrected chi connectivity index (χ3v) is 6.48. The van der Waals surface area contributed by atoms with Crippen molar-refractivity contribution in [3.63, 3.8) is 0 Å². The SMILES string of the molecule is Cc1ccc(C)c(C2=NN(C(=O)CN3CCC(C(N)=O)CC3)[C@H](c3ccccc3F)C2)c1. The van der Waals surface area contributed by atoms with Crippen LogP contribution in [0.2, 0.25) is 0 Å². The second kappa shape index (κ2) is 9.20. The number of nitrogens with zero attached hydrogens (tertiary/aromatic N) is 3. The quantitative estimate of drug-likeness (QED) is 0.781. The largest absolute Gasteiger partial charge is 0.369 e. The van der Waals surface area contributed by atoms with Crippen LogP contribution < -0.4 is 5.73 Å². The second-order valence-electron chi connectivity index (χ2n) is 8.80. The zero-order valence-corrected chi connectivity index (χ0v) is 18.6. The van der Waals surface area contributed by atoms with Gasteiger partial charge in [-0.05, 0) is 57.5 Å². The van der Waals surface area contributed by atoms with Gasteiger partial charge in [-0.25, -0.2) is 9.40 Å². The van der Waals surface area contributed by atoms with Crippen molar-refractivity contribution in [1.29, 1.82) is 0 Å². The molecule has 0 radical (unpaired) electrons. The van der Waals surface area contributed by atoms with Crippen LogP contribution in [0.3, 0.4) is 0 Å². The van der Waals surface area contributed by atoms with Gasteiger partial charge in [0.2, 0.25) is 5.91 Å². The summed E-state index contributed by atoms with van der Waals surface area (Å²) in [7, 11) is 0. The van der Waals surface area contributed by atoms with Crippen molar-refractivity contribution >= 4 is 17.5 Å². The van der Waals surface area contributed by atoms with E-state index in [1.807, 2.05) is 30.9 Å². The molecule has 0 aromatic heterocycles. The summed E-state index contributed by atoms with van der Waals surface area (Å²) in [6, 6.07) is 12.2. The molecule has 2 aliphatic rings. The predicted molar refractivity (Wildman–Crippen MR) is 121 cm³/mol. The van der Waals surface area contributed by atoms with Crippen LogP contribution in [0.5, 0.6) is 0 Å². The Balaban J connectivity index is 1.59. The van der Waals surface area contributed by atoms with Crippen molar-refractivity contribution < 1.29 is 14.0 Å². The smallest absolute Gasteiger partial charge is 0.257 e. The minimum Gasteiger partial charge on any atom is -0.369 e. The van der Waals surface area contributed by atoms with Gasteiger partial charge >= 0.3 is 0 Å². The first-order valence-corrected chi connectivity index (χ1v) is 11.1. The van der Waals surface area contributed by atoms with E-state index in [1.165, 1.54) is 11.1 Å². The van der Waals surface area contributed by atoms with Crippen molar-refractivity contribution in [2.75, 3.05) is 19.6 Å². The summed E-state index contributed by atoms with van der Waals surface area (Å²) in [5, 5.41) is 6.15. The lowest BCUT2D eigenvalue weighted by Crippen LogP contribution is -2.44. The zero-order valence-electron chi connectivity index (χ0n) is 18.6. The molecule has 2 N–H and O–H groups in total. The van der Waals surface area contributed by atoms with Gasteiger partial charge in [-0.15, -0.1) is 0 Å². The number of halogens is 1. The van der Waals surface area contributed by atoms with Gasteiger partial charge < -0.3 is 5.73 Å². The van der Waals surface area contributed by atoms with Gasteiger partial charge in [0, 0.05) is 23.5 Å². The predicted octanol–water partition coefficient (Wildman–Crippen LogP) is 3.32. The van der Waals surface area contributed by atoms with Crippen LogP contribution >= 0.6 is 0 Å². The molecule has 4 rings (SSSR count). The maximum Gasteiger partial charge on any atom is 0.257 e. The highest BCUT2D eigenvalue weighted by Crippen LogP contribution is 2.35. The topological polar surface area (TPSA) is 79.0 Å². The molecular weight excluding hydrogens is 407 g/mol. The number of benzene rings is 2. The van der Waals surface area contributed by atoms with Crippen molar-refractivity contribution in [2.45, 2.75) is 39.2 Å². The third kappa shape index (κ3) is 4.58.